The van der Waals surface area contributed by atoms with Crippen molar-refractivity contribution >= 4 is 61.8 Å². The van der Waals surface area contributed by atoms with Crippen molar-refractivity contribution in [3.63, 3.8) is 0 Å². The van der Waals surface area contributed by atoms with Crippen LogP contribution >= 0.6 is 0 Å². The first-order valence-electron chi connectivity index (χ1n) is 0.943. The maximum atomic E-state index is 8.25. The van der Waals surface area contributed by atoms with Gasteiger partial charge < -0.3 is 25.3 Å². The van der Waals surface area contributed by atoms with Crippen LogP contribution in [0.5, 0.6) is 0 Å². The molecule has 5 nitrogen and oxygen atoms in total. The quantitative estimate of drug-likeness (QED) is 0.316. The Kier molecular flexibility index (Phi) is 151. The summed E-state index contributed by atoms with van der Waals surface area (Å²) in [4.78, 5) is 16.5. The third-order valence-electron chi connectivity index (χ3n) is 0. The SMILES string of the molecule is O.O=C[O-].O=C[O-].[Ba+2]. The summed E-state index contributed by atoms with van der Waals surface area (Å²) in [5, 5.41) is 16.5. The monoisotopic (exact) mass is 246 g/mol. The average Bonchev–Trinajstić information content (AvgIpc) is 1.39. The second kappa shape index (κ2) is 51.2. The van der Waals surface area contributed by atoms with Crippen LogP contribution in [0.15, 0.2) is 0 Å². The van der Waals surface area contributed by atoms with E-state index < -0.39 is 12.9 Å². The van der Waals surface area contributed by atoms with Crippen molar-refractivity contribution in [2.24, 2.45) is 0 Å². The molecule has 0 radical (unpaired) electrons. The number of hydrogen-bond acceptors (Lipinski definition) is 4. The topological polar surface area (TPSA) is 112 Å². The van der Waals surface area contributed by atoms with Crippen LogP contribution in [0.1, 0.15) is 0 Å². The summed E-state index contributed by atoms with van der Waals surface area (Å²) >= 11 is 0. The van der Waals surface area contributed by atoms with Crippen LogP contribution in [0.3, 0.4) is 0 Å². The van der Waals surface area contributed by atoms with Gasteiger partial charge in [0, 0.05) is 12.9 Å². The molecule has 0 bridgehead atoms. The molecule has 44 valence electrons. The molecule has 0 aromatic rings. The van der Waals surface area contributed by atoms with Crippen molar-refractivity contribution in [2.45, 2.75) is 0 Å². The van der Waals surface area contributed by atoms with Gasteiger partial charge in [-0.2, -0.15) is 0 Å². The third kappa shape index (κ3) is 872. The van der Waals surface area contributed by atoms with Gasteiger partial charge in [-0.25, -0.2) is 0 Å². The van der Waals surface area contributed by atoms with Gasteiger partial charge in [-0.1, -0.05) is 0 Å². The Hall–Kier alpha value is 0.471. The van der Waals surface area contributed by atoms with Gasteiger partial charge >= 0.3 is 48.9 Å². The molecule has 0 heterocycles. The molecule has 6 heteroatoms. The van der Waals surface area contributed by atoms with E-state index in [1.165, 1.54) is 0 Å². The van der Waals surface area contributed by atoms with Crippen molar-refractivity contribution in [2.75, 3.05) is 0 Å². The van der Waals surface area contributed by atoms with Crippen molar-refractivity contribution in [3.8, 4) is 0 Å². The molecule has 0 saturated carbocycles. The Labute approximate surface area is 86.1 Å². The minimum absolute atomic E-state index is 0. The zero-order valence-corrected chi connectivity index (χ0v) is 8.44. The standard InChI is InChI=1S/2CH2O2.Ba.H2O/c2*2-1-3;;/h2*1H,(H,2,3);;1H2/q;;+2;/p-2. The molecule has 0 aliphatic carbocycles. The van der Waals surface area contributed by atoms with Gasteiger partial charge in [0.2, 0.25) is 0 Å². The van der Waals surface area contributed by atoms with Crippen molar-refractivity contribution in [1.82, 2.24) is 0 Å². The Bertz CT molecular complexity index is 31.4. The van der Waals surface area contributed by atoms with Crippen LogP contribution in [0.4, 0.5) is 0 Å². The van der Waals surface area contributed by atoms with E-state index in [0.29, 0.717) is 0 Å². The molecule has 0 aromatic carbocycles. The smallest absolute Gasteiger partial charge is 0.554 e. The fourth-order valence-electron chi connectivity index (χ4n) is 0. The van der Waals surface area contributed by atoms with E-state index in [9.17, 15) is 0 Å². The molecule has 0 aliphatic heterocycles. The fourth-order valence-corrected chi connectivity index (χ4v) is 0. The maximum Gasteiger partial charge on any atom is 2.00 e. The molecular weight excluding hydrogens is 241 g/mol. The maximum absolute atomic E-state index is 8.25. The molecule has 0 aromatic heterocycles. The van der Waals surface area contributed by atoms with Crippen LogP contribution < -0.4 is 10.2 Å². The molecular formula is C2H4BaO5. The summed E-state index contributed by atoms with van der Waals surface area (Å²) in [7, 11) is 0. The number of carbonyl (C=O) groups is 2. The number of hydrogen-bond donors (Lipinski definition) is 0. The van der Waals surface area contributed by atoms with Gasteiger partial charge in [-0.05, 0) is 0 Å². The fraction of sp³-hybridized carbons (Fsp3) is 0. The number of carbonyl (C=O) groups excluding carboxylic acids is 2. The molecule has 8 heavy (non-hydrogen) atoms. The van der Waals surface area contributed by atoms with Gasteiger partial charge in [0.1, 0.15) is 0 Å². The Morgan fingerprint density at radius 3 is 1.00 bits per heavy atom. The largest absolute Gasteiger partial charge is 2.00 e. The zero-order valence-electron chi connectivity index (χ0n) is 3.99. The summed E-state index contributed by atoms with van der Waals surface area (Å²) in [6, 6.07) is 0. The van der Waals surface area contributed by atoms with Gasteiger partial charge in [0.05, 0.1) is 0 Å². The van der Waals surface area contributed by atoms with Gasteiger partial charge in [-0.3, -0.25) is 0 Å². The Morgan fingerprint density at radius 2 is 1.00 bits per heavy atom. The average molecular weight is 245 g/mol. The molecule has 0 amide bonds. The van der Waals surface area contributed by atoms with E-state index in [1.807, 2.05) is 0 Å². The summed E-state index contributed by atoms with van der Waals surface area (Å²) in [5.74, 6) is 0. The van der Waals surface area contributed by atoms with Gasteiger partial charge in [0.25, 0.3) is 0 Å². The summed E-state index contributed by atoms with van der Waals surface area (Å²) in [5.41, 5.74) is 0. The second-order valence-corrected chi connectivity index (χ2v) is 0.192. The first-order chi connectivity index (χ1) is 2.83. The second-order valence-electron chi connectivity index (χ2n) is 0.192. The zero-order chi connectivity index (χ0) is 5.41. The van der Waals surface area contributed by atoms with E-state index >= 15 is 0 Å². The van der Waals surface area contributed by atoms with E-state index in [1.54, 1.807) is 0 Å². The van der Waals surface area contributed by atoms with Gasteiger partial charge in [-0.15, -0.1) is 0 Å². The van der Waals surface area contributed by atoms with Crippen LogP contribution in [0.25, 0.3) is 0 Å². The van der Waals surface area contributed by atoms with Crippen molar-refractivity contribution < 1.29 is 25.3 Å². The van der Waals surface area contributed by atoms with E-state index in [0.717, 1.165) is 0 Å². The van der Waals surface area contributed by atoms with Crippen LogP contribution in [-0.4, -0.2) is 67.3 Å². The van der Waals surface area contributed by atoms with Crippen LogP contribution in [-0.2, 0) is 9.59 Å². The summed E-state index contributed by atoms with van der Waals surface area (Å²) < 4.78 is 0. The first-order valence-corrected chi connectivity index (χ1v) is 0.943. The number of rotatable bonds is 0. The van der Waals surface area contributed by atoms with Crippen molar-refractivity contribution in [3.05, 3.63) is 0 Å². The predicted molar refractivity (Wildman–Crippen MR) is 21.5 cm³/mol. The predicted octanol–water partition coefficient (Wildman–Crippen LogP) is -4.47. The van der Waals surface area contributed by atoms with Crippen LogP contribution in [0, 0.1) is 0 Å². The molecule has 0 aliphatic rings. The van der Waals surface area contributed by atoms with E-state index in [2.05, 4.69) is 0 Å². The minimum Gasteiger partial charge on any atom is -0.554 e. The van der Waals surface area contributed by atoms with E-state index in [4.69, 9.17) is 19.8 Å². The Morgan fingerprint density at radius 1 is 1.00 bits per heavy atom. The minimum atomic E-state index is -0.500. The van der Waals surface area contributed by atoms with E-state index in [-0.39, 0.29) is 54.4 Å². The number of carboxylic acid groups (broad SMARTS) is 2. The summed E-state index contributed by atoms with van der Waals surface area (Å²) in [6.45, 7) is -1.00. The molecule has 0 fully saturated rings. The van der Waals surface area contributed by atoms with Gasteiger partial charge in [0.15, 0.2) is 0 Å². The molecule has 2 N–H and O–H groups in total. The third-order valence-corrected chi connectivity index (χ3v) is 0. The first kappa shape index (κ1) is 23.7. The molecule has 0 unspecified atom stereocenters. The Balaban J connectivity index is -0.0000000160. The van der Waals surface area contributed by atoms with Crippen LogP contribution in [0.2, 0.25) is 0 Å². The molecule has 0 spiro atoms. The molecule has 0 saturated heterocycles. The molecule has 0 atom stereocenters. The van der Waals surface area contributed by atoms with Crippen molar-refractivity contribution in [1.29, 1.82) is 0 Å². The normalized spacial score (nSPS) is 3.00. The molecule has 0 rings (SSSR count). The summed E-state index contributed by atoms with van der Waals surface area (Å²) in [6.07, 6.45) is 0.